The molecule has 0 atom stereocenters. The number of rotatable bonds is 4. The molecule has 1 aliphatic rings. The summed E-state index contributed by atoms with van der Waals surface area (Å²) >= 11 is 6.51. The number of morpholine rings is 1. The minimum Gasteiger partial charge on any atom is -0.461 e. The second-order valence-corrected chi connectivity index (χ2v) is 9.29. The Morgan fingerprint density at radius 1 is 1.19 bits per heavy atom. The Morgan fingerprint density at radius 2 is 1.91 bits per heavy atom. The minimum atomic E-state index is -0.523. The number of fused-ring (bicyclic) bond motifs is 1. The topological polar surface area (TPSA) is 43.7 Å². The van der Waals surface area contributed by atoms with Gasteiger partial charge in [-0.25, -0.2) is 9.18 Å². The summed E-state index contributed by atoms with van der Waals surface area (Å²) in [4.78, 5) is 15.3. The lowest BCUT2D eigenvalue weighted by atomic mass is 9.87. The van der Waals surface area contributed by atoms with Crippen molar-refractivity contribution in [1.29, 1.82) is 0 Å². The molecule has 0 saturated carbocycles. The van der Waals surface area contributed by atoms with Gasteiger partial charge < -0.3 is 18.9 Å². The van der Waals surface area contributed by atoms with Crippen LogP contribution < -0.4 is 4.90 Å². The molecule has 2 aromatic carbocycles. The Labute approximate surface area is 192 Å². The van der Waals surface area contributed by atoms with Crippen molar-refractivity contribution in [3.8, 4) is 5.69 Å². The van der Waals surface area contributed by atoms with Crippen LogP contribution in [-0.2, 0) is 14.9 Å². The number of benzene rings is 2. The molecule has 0 radical (unpaired) electrons. The molecule has 0 unspecified atom stereocenters. The maximum absolute atomic E-state index is 14.6. The molecule has 5 nitrogen and oxygen atoms in total. The Hall–Kier alpha value is -2.57. The lowest BCUT2D eigenvalue weighted by Gasteiger charge is -2.29. The van der Waals surface area contributed by atoms with Gasteiger partial charge >= 0.3 is 5.97 Å². The number of esters is 1. The molecule has 1 aliphatic heterocycles. The fourth-order valence-electron chi connectivity index (χ4n) is 4.16. The van der Waals surface area contributed by atoms with Crippen molar-refractivity contribution in [3.63, 3.8) is 0 Å². The molecule has 2 heterocycles. The summed E-state index contributed by atoms with van der Waals surface area (Å²) in [6.45, 7) is 10.6. The fraction of sp³-hybridized carbons (Fsp3) is 0.400. The smallest absolute Gasteiger partial charge is 0.357 e. The van der Waals surface area contributed by atoms with Crippen LogP contribution >= 0.6 is 11.6 Å². The fourth-order valence-corrected chi connectivity index (χ4v) is 4.41. The van der Waals surface area contributed by atoms with E-state index in [1.165, 1.54) is 6.07 Å². The Balaban J connectivity index is 2.09. The van der Waals surface area contributed by atoms with Crippen LogP contribution in [0.3, 0.4) is 0 Å². The Bertz CT molecular complexity index is 1160. The summed E-state index contributed by atoms with van der Waals surface area (Å²) in [5, 5.41) is 0.512. The average molecular weight is 459 g/mol. The second kappa shape index (κ2) is 8.75. The zero-order chi connectivity index (χ0) is 23.0. The van der Waals surface area contributed by atoms with Crippen LogP contribution in [0.1, 0.15) is 43.7 Å². The molecule has 32 heavy (non-hydrogen) atoms. The molecule has 1 saturated heterocycles. The first kappa shape index (κ1) is 22.6. The highest BCUT2D eigenvalue weighted by Gasteiger charge is 2.31. The highest BCUT2D eigenvalue weighted by Crippen LogP contribution is 2.42. The van der Waals surface area contributed by atoms with E-state index < -0.39 is 11.8 Å². The van der Waals surface area contributed by atoms with Crippen LogP contribution in [-0.4, -0.2) is 43.4 Å². The van der Waals surface area contributed by atoms with Crippen molar-refractivity contribution in [3.05, 3.63) is 58.5 Å². The van der Waals surface area contributed by atoms with E-state index in [-0.39, 0.29) is 17.0 Å². The number of nitrogens with zero attached hydrogens (tertiary/aromatic N) is 2. The van der Waals surface area contributed by atoms with E-state index in [2.05, 4.69) is 32.9 Å². The maximum Gasteiger partial charge on any atom is 0.357 e. The zero-order valence-electron chi connectivity index (χ0n) is 18.9. The van der Waals surface area contributed by atoms with Crippen molar-refractivity contribution < 1.29 is 18.7 Å². The summed E-state index contributed by atoms with van der Waals surface area (Å²) in [6, 6.07) is 11.0. The van der Waals surface area contributed by atoms with Gasteiger partial charge in [0.15, 0.2) is 5.69 Å². The summed E-state index contributed by atoms with van der Waals surface area (Å²) in [6.07, 6.45) is 0. The molecule has 3 aromatic rings. The van der Waals surface area contributed by atoms with Crippen LogP contribution in [0.5, 0.6) is 0 Å². The summed E-state index contributed by atoms with van der Waals surface area (Å²) in [5.74, 6) is -0.993. The van der Waals surface area contributed by atoms with E-state index in [1.807, 2.05) is 21.6 Å². The van der Waals surface area contributed by atoms with Crippen molar-refractivity contribution in [2.24, 2.45) is 0 Å². The van der Waals surface area contributed by atoms with E-state index in [0.717, 1.165) is 11.3 Å². The van der Waals surface area contributed by atoms with E-state index in [0.29, 0.717) is 48.6 Å². The van der Waals surface area contributed by atoms with Crippen molar-refractivity contribution in [1.82, 2.24) is 4.57 Å². The van der Waals surface area contributed by atoms with Gasteiger partial charge in [0.05, 0.1) is 36.0 Å². The molecule has 0 spiro atoms. The first-order chi connectivity index (χ1) is 15.2. The quantitative estimate of drug-likeness (QED) is 0.468. The third-order valence-corrected chi connectivity index (χ3v) is 6.13. The van der Waals surface area contributed by atoms with Gasteiger partial charge in [-0.1, -0.05) is 44.5 Å². The summed E-state index contributed by atoms with van der Waals surface area (Å²) < 4.78 is 27.4. The molecule has 0 bridgehead atoms. The van der Waals surface area contributed by atoms with Crippen molar-refractivity contribution in [2.75, 3.05) is 37.8 Å². The molecule has 7 heteroatoms. The van der Waals surface area contributed by atoms with Gasteiger partial charge in [-0.2, -0.15) is 0 Å². The number of hydrogen-bond donors (Lipinski definition) is 0. The average Bonchev–Trinajstić information content (AvgIpc) is 3.12. The monoisotopic (exact) mass is 458 g/mol. The number of aromatic nitrogens is 1. The third-order valence-electron chi connectivity index (χ3n) is 5.76. The van der Waals surface area contributed by atoms with Gasteiger partial charge in [0, 0.05) is 24.2 Å². The molecule has 1 aromatic heterocycles. The second-order valence-electron chi connectivity index (χ2n) is 8.91. The SMILES string of the molecule is CCOC(=O)c1c(N2CCOCC2)c2c(Cl)c(F)ccc2n1-c1cccc(C(C)(C)C)c1. The molecule has 4 rings (SSSR count). The van der Waals surface area contributed by atoms with Gasteiger partial charge in [-0.15, -0.1) is 0 Å². The van der Waals surface area contributed by atoms with Crippen LogP contribution in [0.4, 0.5) is 10.1 Å². The molecule has 0 N–H and O–H groups in total. The van der Waals surface area contributed by atoms with Gasteiger partial charge in [-0.05, 0) is 42.2 Å². The zero-order valence-corrected chi connectivity index (χ0v) is 19.6. The number of carbonyl (C=O) groups is 1. The number of halogens is 2. The van der Waals surface area contributed by atoms with Crippen molar-refractivity contribution in [2.45, 2.75) is 33.1 Å². The van der Waals surface area contributed by atoms with Crippen LogP contribution in [0, 0.1) is 5.82 Å². The lowest BCUT2D eigenvalue weighted by molar-refractivity contribution is 0.0517. The molecule has 1 fully saturated rings. The molecular formula is C25H28ClFN2O3. The van der Waals surface area contributed by atoms with E-state index in [1.54, 1.807) is 13.0 Å². The van der Waals surface area contributed by atoms with E-state index >= 15 is 0 Å². The van der Waals surface area contributed by atoms with Gasteiger partial charge in [0.2, 0.25) is 0 Å². The number of carbonyl (C=O) groups excluding carboxylic acids is 1. The number of ether oxygens (including phenoxy) is 2. The first-order valence-corrected chi connectivity index (χ1v) is 11.2. The minimum absolute atomic E-state index is 0.000247. The van der Waals surface area contributed by atoms with Gasteiger partial charge in [-0.3, -0.25) is 0 Å². The Morgan fingerprint density at radius 3 is 2.56 bits per heavy atom. The predicted molar refractivity (Wildman–Crippen MR) is 126 cm³/mol. The van der Waals surface area contributed by atoms with E-state index in [4.69, 9.17) is 21.1 Å². The molecular weight excluding hydrogens is 431 g/mol. The van der Waals surface area contributed by atoms with Crippen molar-refractivity contribution >= 4 is 34.2 Å². The van der Waals surface area contributed by atoms with Gasteiger partial charge in [0.1, 0.15) is 5.82 Å². The molecule has 0 aliphatic carbocycles. The van der Waals surface area contributed by atoms with E-state index in [9.17, 15) is 9.18 Å². The predicted octanol–water partition coefficient (Wildman–Crippen LogP) is 5.73. The largest absolute Gasteiger partial charge is 0.461 e. The van der Waals surface area contributed by atoms with Crippen LogP contribution in [0.25, 0.3) is 16.6 Å². The highest BCUT2D eigenvalue weighted by atomic mass is 35.5. The van der Waals surface area contributed by atoms with Crippen LogP contribution in [0.2, 0.25) is 5.02 Å². The van der Waals surface area contributed by atoms with Gasteiger partial charge in [0.25, 0.3) is 0 Å². The third kappa shape index (κ3) is 3.97. The van der Waals surface area contributed by atoms with Crippen LogP contribution in [0.15, 0.2) is 36.4 Å². The number of anilines is 1. The first-order valence-electron chi connectivity index (χ1n) is 10.9. The summed E-state index contributed by atoms with van der Waals surface area (Å²) in [5.41, 5.74) is 3.43. The Kier molecular flexibility index (Phi) is 6.19. The highest BCUT2D eigenvalue weighted by molar-refractivity contribution is 6.37. The summed E-state index contributed by atoms with van der Waals surface area (Å²) in [7, 11) is 0. The molecule has 0 amide bonds. The normalized spacial score (nSPS) is 14.8. The number of hydrogen-bond acceptors (Lipinski definition) is 4. The molecule has 170 valence electrons. The maximum atomic E-state index is 14.6. The standard InChI is InChI=1S/C25H28ClFN2O3/c1-5-32-24(30)23-22(28-11-13-31-14-12-28)20-19(10-9-18(27)21(20)26)29(23)17-8-6-7-16(15-17)25(2,3)4/h6-10,15H,5,11-14H2,1-4H3. The lowest BCUT2D eigenvalue weighted by Crippen LogP contribution is -2.37.